The van der Waals surface area contributed by atoms with Gasteiger partial charge in [-0.15, -0.1) is 0 Å². The quantitative estimate of drug-likeness (QED) is 0.690. The van der Waals surface area contributed by atoms with Crippen LogP contribution in [-0.2, 0) is 6.54 Å². The first-order valence-corrected chi connectivity index (χ1v) is 8.99. The zero-order chi connectivity index (χ0) is 18.6. The van der Waals surface area contributed by atoms with Crippen molar-refractivity contribution in [2.45, 2.75) is 34.2 Å². The zero-order valence-electron chi connectivity index (χ0n) is 15.3. The van der Waals surface area contributed by atoms with Crippen LogP contribution >= 0.6 is 12.2 Å². The van der Waals surface area contributed by atoms with Gasteiger partial charge in [-0.05, 0) is 55.2 Å². The molecule has 0 aliphatic carbocycles. The first-order valence-electron chi connectivity index (χ1n) is 8.58. The Morgan fingerprint density at radius 3 is 2.68 bits per heavy atom. The van der Waals surface area contributed by atoms with Crippen molar-refractivity contribution in [3.05, 3.63) is 45.2 Å². The van der Waals surface area contributed by atoms with E-state index in [0.717, 1.165) is 28.6 Å². The molecule has 0 amide bonds. The van der Waals surface area contributed by atoms with E-state index in [-0.39, 0.29) is 12.2 Å². The number of aliphatic hydroxyl groups excluding tert-OH is 1. The minimum Gasteiger partial charge on any atom is -0.395 e. The van der Waals surface area contributed by atoms with Gasteiger partial charge in [-0.2, -0.15) is 0 Å². The molecule has 1 aromatic carbocycles. The number of pyridine rings is 1. The van der Waals surface area contributed by atoms with E-state index < -0.39 is 0 Å². The molecule has 1 aromatic heterocycles. The number of aryl methyl sites for hydroxylation is 2. The van der Waals surface area contributed by atoms with Crippen LogP contribution in [0.25, 0.3) is 10.9 Å². The second kappa shape index (κ2) is 8.45. The summed E-state index contributed by atoms with van der Waals surface area (Å²) in [6.45, 7) is 9.74. The van der Waals surface area contributed by atoms with Gasteiger partial charge in [0.05, 0.1) is 13.2 Å². The Labute approximate surface area is 154 Å². The van der Waals surface area contributed by atoms with Crippen LogP contribution < -0.4 is 10.9 Å². The molecule has 2 aromatic rings. The molecule has 0 radical (unpaired) electrons. The number of fused-ring (bicyclic) bond motifs is 1. The van der Waals surface area contributed by atoms with E-state index in [1.807, 2.05) is 30.9 Å². The lowest BCUT2D eigenvalue weighted by molar-refractivity contribution is 0.245. The molecule has 25 heavy (non-hydrogen) atoms. The Balaban J connectivity index is 2.30. The van der Waals surface area contributed by atoms with E-state index >= 15 is 0 Å². The van der Waals surface area contributed by atoms with Crippen LogP contribution in [0.1, 0.15) is 30.5 Å². The van der Waals surface area contributed by atoms with Crippen molar-refractivity contribution in [3.8, 4) is 0 Å². The SMILES string of the molecule is Cc1cc(C)c2cc(CN(CCO)C(=S)NCC(C)C)c(=O)[nH]c2c1. The number of nitrogens with one attached hydrogen (secondary N) is 2. The lowest BCUT2D eigenvalue weighted by Crippen LogP contribution is -2.43. The lowest BCUT2D eigenvalue weighted by atomic mass is 10.0. The summed E-state index contributed by atoms with van der Waals surface area (Å²) < 4.78 is 0. The van der Waals surface area contributed by atoms with Crippen molar-refractivity contribution in [1.29, 1.82) is 0 Å². The average Bonchev–Trinajstić information content (AvgIpc) is 2.53. The van der Waals surface area contributed by atoms with Gasteiger partial charge in [-0.25, -0.2) is 0 Å². The number of rotatable bonds is 6. The maximum Gasteiger partial charge on any atom is 0.253 e. The molecule has 0 spiro atoms. The van der Waals surface area contributed by atoms with E-state index in [0.29, 0.717) is 29.7 Å². The highest BCUT2D eigenvalue weighted by molar-refractivity contribution is 7.80. The number of aliphatic hydroxyl groups is 1. The smallest absolute Gasteiger partial charge is 0.253 e. The average molecular weight is 362 g/mol. The van der Waals surface area contributed by atoms with Crippen molar-refractivity contribution in [2.24, 2.45) is 5.92 Å². The first kappa shape index (κ1) is 19.4. The Kier molecular flexibility index (Phi) is 6.56. The third-order valence-corrected chi connectivity index (χ3v) is 4.47. The minimum absolute atomic E-state index is 0.0206. The molecule has 1 heterocycles. The van der Waals surface area contributed by atoms with Gasteiger partial charge in [-0.1, -0.05) is 19.9 Å². The van der Waals surface area contributed by atoms with Crippen LogP contribution in [0.4, 0.5) is 0 Å². The Morgan fingerprint density at radius 1 is 1.32 bits per heavy atom. The normalized spacial score (nSPS) is 11.1. The third kappa shape index (κ3) is 5.03. The highest BCUT2D eigenvalue weighted by Gasteiger charge is 2.13. The van der Waals surface area contributed by atoms with Gasteiger partial charge in [0.25, 0.3) is 5.56 Å². The lowest BCUT2D eigenvalue weighted by Gasteiger charge is -2.25. The molecular weight excluding hydrogens is 334 g/mol. The summed E-state index contributed by atoms with van der Waals surface area (Å²) in [6, 6.07) is 6.01. The van der Waals surface area contributed by atoms with Crippen molar-refractivity contribution in [1.82, 2.24) is 15.2 Å². The summed E-state index contributed by atoms with van der Waals surface area (Å²) in [7, 11) is 0. The maximum absolute atomic E-state index is 12.5. The molecule has 6 heteroatoms. The second-order valence-corrected chi connectivity index (χ2v) is 7.28. The van der Waals surface area contributed by atoms with Gasteiger partial charge >= 0.3 is 0 Å². The highest BCUT2D eigenvalue weighted by atomic mass is 32.1. The number of aromatic nitrogens is 1. The number of hydrogen-bond acceptors (Lipinski definition) is 3. The van der Waals surface area contributed by atoms with Crippen LogP contribution in [0.5, 0.6) is 0 Å². The Hall–Kier alpha value is -1.92. The van der Waals surface area contributed by atoms with E-state index in [1.54, 1.807) is 0 Å². The molecule has 136 valence electrons. The van der Waals surface area contributed by atoms with Gasteiger partial charge in [0, 0.05) is 29.6 Å². The standard InChI is InChI=1S/C19H27N3O2S/c1-12(2)10-20-19(25)22(5-6-23)11-15-9-16-14(4)7-13(3)8-17(16)21-18(15)24/h7-9,12,23H,5-6,10-11H2,1-4H3,(H,20,25)(H,21,24). The first-order chi connectivity index (χ1) is 11.8. The fourth-order valence-corrected chi connectivity index (χ4v) is 3.05. The second-order valence-electron chi connectivity index (χ2n) is 6.89. The van der Waals surface area contributed by atoms with Crippen LogP contribution in [0.3, 0.4) is 0 Å². The van der Waals surface area contributed by atoms with E-state index in [4.69, 9.17) is 12.2 Å². The Morgan fingerprint density at radius 2 is 2.04 bits per heavy atom. The maximum atomic E-state index is 12.5. The summed E-state index contributed by atoms with van der Waals surface area (Å²) in [6.07, 6.45) is 0. The van der Waals surface area contributed by atoms with Crippen LogP contribution in [-0.4, -0.2) is 39.8 Å². The molecule has 2 rings (SSSR count). The van der Waals surface area contributed by atoms with Crippen LogP contribution in [0, 0.1) is 19.8 Å². The topological polar surface area (TPSA) is 68.4 Å². The molecular formula is C19H27N3O2S. The predicted molar refractivity (Wildman–Crippen MR) is 107 cm³/mol. The molecule has 0 saturated carbocycles. The van der Waals surface area contributed by atoms with Gasteiger partial charge < -0.3 is 20.3 Å². The van der Waals surface area contributed by atoms with Crippen molar-refractivity contribution >= 4 is 28.2 Å². The van der Waals surface area contributed by atoms with Crippen molar-refractivity contribution in [2.75, 3.05) is 19.7 Å². The Bertz CT molecular complexity index is 814. The molecule has 0 bridgehead atoms. The molecule has 0 saturated heterocycles. The van der Waals surface area contributed by atoms with Crippen LogP contribution in [0.2, 0.25) is 0 Å². The number of benzene rings is 1. The summed E-state index contributed by atoms with van der Waals surface area (Å²) in [5.74, 6) is 0.462. The van der Waals surface area contributed by atoms with Crippen LogP contribution in [0.15, 0.2) is 23.0 Å². The summed E-state index contributed by atoms with van der Waals surface area (Å²) in [5, 5.41) is 14.1. The van der Waals surface area contributed by atoms with E-state index in [1.165, 1.54) is 0 Å². The fourth-order valence-electron chi connectivity index (χ4n) is 2.82. The molecule has 0 fully saturated rings. The molecule has 0 atom stereocenters. The fraction of sp³-hybridized carbons (Fsp3) is 0.474. The van der Waals surface area contributed by atoms with Gasteiger partial charge in [0.15, 0.2) is 5.11 Å². The summed E-state index contributed by atoms with van der Waals surface area (Å²) >= 11 is 5.43. The predicted octanol–water partition coefficient (Wildman–Crippen LogP) is 2.47. The zero-order valence-corrected chi connectivity index (χ0v) is 16.2. The number of H-pyrrole nitrogens is 1. The summed E-state index contributed by atoms with van der Waals surface area (Å²) in [5.41, 5.74) is 3.62. The van der Waals surface area contributed by atoms with Crippen molar-refractivity contribution in [3.63, 3.8) is 0 Å². The number of hydrogen-bond donors (Lipinski definition) is 3. The largest absolute Gasteiger partial charge is 0.395 e. The van der Waals surface area contributed by atoms with Gasteiger partial charge in [0.1, 0.15) is 0 Å². The molecule has 0 aliphatic heterocycles. The summed E-state index contributed by atoms with van der Waals surface area (Å²) in [4.78, 5) is 17.3. The molecule has 0 aliphatic rings. The number of aromatic amines is 1. The number of nitrogens with zero attached hydrogens (tertiary/aromatic N) is 1. The van der Waals surface area contributed by atoms with E-state index in [9.17, 15) is 9.90 Å². The minimum atomic E-state index is -0.118. The molecule has 0 unspecified atom stereocenters. The molecule has 5 nitrogen and oxygen atoms in total. The van der Waals surface area contributed by atoms with Gasteiger partial charge in [-0.3, -0.25) is 4.79 Å². The third-order valence-electron chi connectivity index (χ3n) is 4.07. The van der Waals surface area contributed by atoms with Gasteiger partial charge in [0.2, 0.25) is 0 Å². The monoisotopic (exact) mass is 361 g/mol. The van der Waals surface area contributed by atoms with Crippen molar-refractivity contribution < 1.29 is 5.11 Å². The van der Waals surface area contributed by atoms with E-state index in [2.05, 4.69) is 30.2 Å². The molecule has 3 N–H and O–H groups in total. The highest BCUT2D eigenvalue weighted by Crippen LogP contribution is 2.19. The number of thiocarbonyl (C=S) groups is 1.